The lowest BCUT2D eigenvalue weighted by molar-refractivity contribution is 0.271. The molecule has 0 radical (unpaired) electrons. The Morgan fingerprint density at radius 2 is 1.82 bits per heavy atom. The number of hydrogen-bond acceptors (Lipinski definition) is 8. The molecule has 1 aromatic heterocycles. The number of nitrogens with one attached hydrogen (secondary N) is 3. The first kappa shape index (κ1) is 25.9. The van der Waals surface area contributed by atoms with Crippen LogP contribution in [0.4, 0.5) is 17.5 Å². The van der Waals surface area contributed by atoms with E-state index in [2.05, 4.69) is 41.3 Å². The fourth-order valence-corrected chi connectivity index (χ4v) is 4.39. The number of hydrogen-bond donors (Lipinski definition) is 4. The van der Waals surface area contributed by atoms with Gasteiger partial charge in [-0.1, -0.05) is 19.1 Å². The molecule has 3 rings (SSSR count). The van der Waals surface area contributed by atoms with Crippen molar-refractivity contribution in [2.45, 2.75) is 30.7 Å². The average molecular weight is 550 g/mol. The van der Waals surface area contributed by atoms with E-state index in [1.807, 2.05) is 31.2 Å². The zero-order chi connectivity index (χ0) is 24.6. The Balaban J connectivity index is 1.60. The third-order valence-electron chi connectivity index (χ3n) is 5.08. The molecular formula is C23H28BrN5O4S. The van der Waals surface area contributed by atoms with Crippen LogP contribution in [-0.2, 0) is 16.4 Å². The van der Waals surface area contributed by atoms with Crippen LogP contribution in [0.5, 0.6) is 5.75 Å². The second-order valence-electron chi connectivity index (χ2n) is 7.47. The number of rotatable bonds is 12. The first-order valence-corrected chi connectivity index (χ1v) is 13.0. The SMILES string of the molecule is CC[C@H](CO)Nc1nc(Nc2ccc(S(=O)(=O)NCCc3ccc(OC)cc3)cc2)ncc1Br. The first-order chi connectivity index (χ1) is 16.3. The summed E-state index contributed by atoms with van der Waals surface area (Å²) in [7, 11) is -2.04. The lowest BCUT2D eigenvalue weighted by atomic mass is 10.1. The molecule has 9 nitrogen and oxygen atoms in total. The van der Waals surface area contributed by atoms with Crippen LogP contribution in [0.1, 0.15) is 18.9 Å². The van der Waals surface area contributed by atoms with Crippen molar-refractivity contribution in [2.24, 2.45) is 0 Å². The molecule has 11 heteroatoms. The van der Waals surface area contributed by atoms with Crippen LogP contribution >= 0.6 is 15.9 Å². The van der Waals surface area contributed by atoms with Gasteiger partial charge in [0.1, 0.15) is 11.6 Å². The number of nitrogens with zero attached hydrogens (tertiary/aromatic N) is 2. The molecule has 3 aromatic rings. The fourth-order valence-electron chi connectivity index (χ4n) is 3.05. The Labute approximate surface area is 208 Å². The summed E-state index contributed by atoms with van der Waals surface area (Å²) in [6.07, 6.45) is 2.91. The molecule has 0 saturated carbocycles. The predicted octanol–water partition coefficient (Wildman–Crippen LogP) is 3.70. The summed E-state index contributed by atoms with van der Waals surface area (Å²) in [6.45, 7) is 2.23. The van der Waals surface area contributed by atoms with Crippen molar-refractivity contribution in [2.75, 3.05) is 30.9 Å². The molecule has 0 unspecified atom stereocenters. The van der Waals surface area contributed by atoms with Crippen LogP contribution in [0.15, 0.2) is 64.1 Å². The van der Waals surface area contributed by atoms with Crippen molar-refractivity contribution < 1.29 is 18.3 Å². The van der Waals surface area contributed by atoms with Crippen LogP contribution in [0.3, 0.4) is 0 Å². The minimum Gasteiger partial charge on any atom is -0.497 e. The van der Waals surface area contributed by atoms with Gasteiger partial charge in [-0.3, -0.25) is 0 Å². The number of aliphatic hydroxyl groups excluding tert-OH is 1. The van der Waals surface area contributed by atoms with Crippen LogP contribution < -0.4 is 20.1 Å². The summed E-state index contributed by atoms with van der Waals surface area (Å²) in [4.78, 5) is 8.83. The van der Waals surface area contributed by atoms with Crippen molar-refractivity contribution in [3.8, 4) is 5.75 Å². The molecule has 2 aromatic carbocycles. The van der Waals surface area contributed by atoms with E-state index >= 15 is 0 Å². The van der Waals surface area contributed by atoms with Gasteiger partial charge < -0.3 is 20.5 Å². The molecular weight excluding hydrogens is 522 g/mol. The maximum atomic E-state index is 12.6. The van der Waals surface area contributed by atoms with Crippen molar-refractivity contribution in [1.29, 1.82) is 0 Å². The molecule has 1 heterocycles. The van der Waals surface area contributed by atoms with E-state index < -0.39 is 10.0 Å². The normalized spacial score (nSPS) is 12.2. The highest BCUT2D eigenvalue weighted by Gasteiger charge is 2.14. The Morgan fingerprint density at radius 1 is 1.12 bits per heavy atom. The van der Waals surface area contributed by atoms with Gasteiger partial charge in [0.25, 0.3) is 0 Å². The minimum atomic E-state index is -3.64. The van der Waals surface area contributed by atoms with E-state index in [1.165, 1.54) is 12.1 Å². The number of methoxy groups -OCH3 is 1. The van der Waals surface area contributed by atoms with Crippen LogP contribution in [0.25, 0.3) is 0 Å². The zero-order valence-corrected chi connectivity index (χ0v) is 21.4. The van der Waals surface area contributed by atoms with Gasteiger partial charge in [-0.15, -0.1) is 0 Å². The standard InChI is InChI=1S/C23H28BrN5O4S/c1-3-17(15-30)27-22-21(24)14-25-23(29-22)28-18-6-10-20(11-7-18)34(31,32)26-13-12-16-4-8-19(33-2)9-5-16/h4-11,14,17,26,30H,3,12-13,15H2,1-2H3,(H2,25,27,28,29)/t17-/m1/s1. The number of ether oxygens (including phenoxy) is 1. The molecule has 1 atom stereocenters. The van der Waals surface area contributed by atoms with E-state index in [1.54, 1.807) is 25.4 Å². The van der Waals surface area contributed by atoms with Crippen LogP contribution in [0.2, 0.25) is 0 Å². The van der Waals surface area contributed by atoms with Gasteiger partial charge in [0.2, 0.25) is 16.0 Å². The Bertz CT molecular complexity index is 1170. The van der Waals surface area contributed by atoms with Gasteiger partial charge in [0, 0.05) is 18.4 Å². The minimum absolute atomic E-state index is 0.0141. The fraction of sp³-hybridized carbons (Fsp3) is 0.304. The maximum Gasteiger partial charge on any atom is 0.240 e. The number of aromatic nitrogens is 2. The Kier molecular flexibility index (Phi) is 9.22. The Morgan fingerprint density at radius 3 is 2.44 bits per heavy atom. The first-order valence-electron chi connectivity index (χ1n) is 10.7. The van der Waals surface area contributed by atoms with E-state index in [-0.39, 0.29) is 24.1 Å². The molecule has 0 aliphatic rings. The highest BCUT2D eigenvalue weighted by Crippen LogP contribution is 2.23. The van der Waals surface area contributed by atoms with Crippen molar-refractivity contribution in [3.05, 3.63) is 64.8 Å². The van der Waals surface area contributed by atoms with Crippen LogP contribution in [0, 0.1) is 0 Å². The number of anilines is 3. The van der Waals surface area contributed by atoms with Crippen molar-refractivity contribution in [3.63, 3.8) is 0 Å². The maximum absolute atomic E-state index is 12.6. The number of aliphatic hydroxyl groups is 1. The number of halogens is 1. The topological polar surface area (TPSA) is 125 Å². The van der Waals surface area contributed by atoms with Gasteiger partial charge in [-0.25, -0.2) is 18.1 Å². The van der Waals surface area contributed by atoms with Gasteiger partial charge >= 0.3 is 0 Å². The molecule has 0 amide bonds. The quantitative estimate of drug-likeness (QED) is 0.269. The second-order valence-corrected chi connectivity index (χ2v) is 10.1. The monoisotopic (exact) mass is 549 g/mol. The van der Waals surface area contributed by atoms with Crippen molar-refractivity contribution >= 4 is 43.4 Å². The molecule has 0 fully saturated rings. The summed E-state index contributed by atoms with van der Waals surface area (Å²) in [6, 6.07) is 13.7. The average Bonchev–Trinajstić information content (AvgIpc) is 2.85. The van der Waals surface area contributed by atoms with Gasteiger partial charge in [0.15, 0.2) is 0 Å². The lowest BCUT2D eigenvalue weighted by Crippen LogP contribution is -2.26. The van der Waals surface area contributed by atoms with E-state index in [4.69, 9.17) is 4.74 Å². The van der Waals surface area contributed by atoms with Crippen LogP contribution in [-0.4, -0.2) is 49.8 Å². The summed E-state index contributed by atoms with van der Waals surface area (Å²) in [5.41, 5.74) is 1.65. The van der Waals surface area contributed by atoms with E-state index in [0.29, 0.717) is 28.3 Å². The molecule has 0 bridgehead atoms. The summed E-state index contributed by atoms with van der Waals surface area (Å²) in [5.74, 6) is 1.65. The zero-order valence-electron chi connectivity index (χ0n) is 19.0. The molecule has 0 spiro atoms. The number of sulfonamides is 1. The molecule has 182 valence electrons. The number of benzene rings is 2. The largest absolute Gasteiger partial charge is 0.497 e. The van der Waals surface area contributed by atoms with Gasteiger partial charge in [0.05, 0.1) is 29.1 Å². The highest BCUT2D eigenvalue weighted by atomic mass is 79.9. The van der Waals surface area contributed by atoms with Gasteiger partial charge in [-0.2, -0.15) is 4.98 Å². The van der Waals surface area contributed by atoms with E-state index in [0.717, 1.165) is 17.7 Å². The predicted molar refractivity (Wildman–Crippen MR) is 136 cm³/mol. The Hall–Kier alpha value is -2.73. The summed E-state index contributed by atoms with van der Waals surface area (Å²) >= 11 is 3.40. The molecule has 0 aliphatic heterocycles. The lowest BCUT2D eigenvalue weighted by Gasteiger charge is -2.16. The molecule has 4 N–H and O–H groups in total. The molecule has 34 heavy (non-hydrogen) atoms. The molecule has 0 aliphatic carbocycles. The van der Waals surface area contributed by atoms with Gasteiger partial charge in [-0.05, 0) is 70.7 Å². The molecule has 0 saturated heterocycles. The third-order valence-corrected chi connectivity index (χ3v) is 7.14. The second kappa shape index (κ2) is 12.1. The summed E-state index contributed by atoms with van der Waals surface area (Å²) < 4.78 is 33.7. The van der Waals surface area contributed by atoms with E-state index in [9.17, 15) is 13.5 Å². The summed E-state index contributed by atoms with van der Waals surface area (Å²) in [5, 5.41) is 15.6. The van der Waals surface area contributed by atoms with Crippen molar-refractivity contribution in [1.82, 2.24) is 14.7 Å². The smallest absolute Gasteiger partial charge is 0.240 e. The third kappa shape index (κ3) is 7.13. The highest BCUT2D eigenvalue weighted by molar-refractivity contribution is 9.10.